The summed E-state index contributed by atoms with van der Waals surface area (Å²) in [4.78, 5) is 27.4. The molecular weight excluding hydrogens is 339 g/mol. The van der Waals surface area contributed by atoms with Gasteiger partial charge in [-0.25, -0.2) is 4.79 Å². The number of hydrogen-bond acceptors (Lipinski definition) is 4. The SMILES string of the molecule is O=C(O)C(F)(F)F.O=C(c1ccc2ncccc2c1)N1CCNCC1. The van der Waals surface area contributed by atoms with Crippen molar-refractivity contribution in [1.29, 1.82) is 0 Å². The lowest BCUT2D eigenvalue weighted by atomic mass is 10.1. The molecule has 1 aliphatic rings. The Labute approximate surface area is 141 Å². The van der Waals surface area contributed by atoms with Crippen molar-refractivity contribution in [2.45, 2.75) is 6.18 Å². The third kappa shape index (κ3) is 5.15. The van der Waals surface area contributed by atoms with Crippen LogP contribution in [0.1, 0.15) is 10.4 Å². The van der Waals surface area contributed by atoms with E-state index in [1.165, 1.54) is 0 Å². The summed E-state index contributed by atoms with van der Waals surface area (Å²) in [7, 11) is 0. The smallest absolute Gasteiger partial charge is 0.475 e. The first kappa shape index (κ1) is 18.7. The van der Waals surface area contributed by atoms with Crippen LogP contribution in [0.4, 0.5) is 13.2 Å². The number of piperazine rings is 1. The summed E-state index contributed by atoms with van der Waals surface area (Å²) in [5, 5.41) is 11.4. The number of benzene rings is 1. The van der Waals surface area contributed by atoms with Gasteiger partial charge in [0.05, 0.1) is 5.52 Å². The van der Waals surface area contributed by atoms with Crippen LogP contribution in [0, 0.1) is 0 Å². The summed E-state index contributed by atoms with van der Waals surface area (Å²) in [6.07, 6.45) is -3.32. The predicted octanol–water partition coefficient (Wildman–Crippen LogP) is 1.91. The highest BCUT2D eigenvalue weighted by molar-refractivity contribution is 5.98. The van der Waals surface area contributed by atoms with Gasteiger partial charge in [0, 0.05) is 43.3 Å². The first-order valence-corrected chi connectivity index (χ1v) is 7.44. The van der Waals surface area contributed by atoms with Crippen molar-refractivity contribution in [2.75, 3.05) is 26.2 Å². The van der Waals surface area contributed by atoms with Gasteiger partial charge in [0.15, 0.2) is 0 Å². The lowest BCUT2D eigenvalue weighted by Crippen LogP contribution is -2.46. The fourth-order valence-corrected chi connectivity index (χ4v) is 2.26. The van der Waals surface area contributed by atoms with Gasteiger partial charge in [0.2, 0.25) is 0 Å². The summed E-state index contributed by atoms with van der Waals surface area (Å²) >= 11 is 0. The molecule has 0 atom stereocenters. The highest BCUT2D eigenvalue weighted by atomic mass is 19.4. The number of carbonyl (C=O) groups is 2. The van der Waals surface area contributed by atoms with E-state index in [1.807, 2.05) is 35.2 Å². The van der Waals surface area contributed by atoms with E-state index in [2.05, 4.69) is 10.3 Å². The number of halogens is 3. The van der Waals surface area contributed by atoms with E-state index in [9.17, 15) is 18.0 Å². The van der Waals surface area contributed by atoms with E-state index in [0.29, 0.717) is 0 Å². The van der Waals surface area contributed by atoms with Gasteiger partial charge in [-0.3, -0.25) is 9.78 Å². The Bertz CT molecular complexity index is 759. The summed E-state index contributed by atoms with van der Waals surface area (Å²) in [5.74, 6) is -2.64. The molecule has 0 radical (unpaired) electrons. The van der Waals surface area contributed by atoms with Gasteiger partial charge >= 0.3 is 12.1 Å². The van der Waals surface area contributed by atoms with Gasteiger partial charge in [0.25, 0.3) is 5.91 Å². The van der Waals surface area contributed by atoms with Crippen molar-refractivity contribution < 1.29 is 27.9 Å². The van der Waals surface area contributed by atoms with E-state index in [-0.39, 0.29) is 5.91 Å². The minimum Gasteiger partial charge on any atom is -0.475 e. The van der Waals surface area contributed by atoms with Crippen molar-refractivity contribution in [3.63, 3.8) is 0 Å². The zero-order chi connectivity index (χ0) is 18.4. The zero-order valence-corrected chi connectivity index (χ0v) is 13.1. The summed E-state index contributed by atoms with van der Waals surface area (Å²) < 4.78 is 31.7. The van der Waals surface area contributed by atoms with Crippen molar-refractivity contribution in [3.05, 3.63) is 42.1 Å². The molecule has 6 nitrogen and oxygen atoms in total. The van der Waals surface area contributed by atoms with Crippen LogP contribution in [0.25, 0.3) is 10.9 Å². The third-order valence-corrected chi connectivity index (χ3v) is 3.50. The number of nitrogens with zero attached hydrogens (tertiary/aromatic N) is 2. The molecule has 3 rings (SSSR count). The highest BCUT2D eigenvalue weighted by Gasteiger charge is 2.38. The number of nitrogens with one attached hydrogen (secondary N) is 1. The largest absolute Gasteiger partial charge is 0.490 e. The molecule has 1 aromatic carbocycles. The number of alkyl halides is 3. The Morgan fingerprint density at radius 1 is 1.16 bits per heavy atom. The van der Waals surface area contributed by atoms with Crippen LogP contribution in [-0.2, 0) is 4.79 Å². The second-order valence-electron chi connectivity index (χ2n) is 5.26. The molecule has 0 unspecified atom stereocenters. The number of carboxylic acid groups (broad SMARTS) is 1. The maximum atomic E-state index is 12.3. The molecule has 9 heteroatoms. The molecule has 2 N–H and O–H groups in total. The summed E-state index contributed by atoms with van der Waals surface area (Å²) in [5.41, 5.74) is 1.67. The number of carboxylic acids is 1. The molecule has 25 heavy (non-hydrogen) atoms. The number of aliphatic carboxylic acids is 1. The molecule has 2 heterocycles. The number of hydrogen-bond donors (Lipinski definition) is 2. The minimum atomic E-state index is -5.08. The molecule has 1 amide bonds. The van der Waals surface area contributed by atoms with E-state index in [1.54, 1.807) is 6.20 Å². The molecular formula is C16H16F3N3O3. The number of carbonyl (C=O) groups excluding carboxylic acids is 1. The lowest BCUT2D eigenvalue weighted by molar-refractivity contribution is -0.192. The van der Waals surface area contributed by atoms with Crippen molar-refractivity contribution in [2.24, 2.45) is 0 Å². The summed E-state index contributed by atoms with van der Waals surface area (Å²) in [6, 6.07) is 9.56. The molecule has 1 saturated heterocycles. The molecule has 2 aromatic rings. The monoisotopic (exact) mass is 355 g/mol. The number of pyridine rings is 1. The minimum absolute atomic E-state index is 0.113. The quantitative estimate of drug-likeness (QED) is 0.817. The van der Waals surface area contributed by atoms with Crippen LogP contribution in [0.15, 0.2) is 36.5 Å². The van der Waals surface area contributed by atoms with Gasteiger partial charge in [0.1, 0.15) is 0 Å². The predicted molar refractivity (Wildman–Crippen MR) is 84.2 cm³/mol. The Hall–Kier alpha value is -2.68. The van der Waals surface area contributed by atoms with Crippen LogP contribution in [0.2, 0.25) is 0 Å². The van der Waals surface area contributed by atoms with Crippen molar-refractivity contribution >= 4 is 22.8 Å². The fraction of sp³-hybridized carbons (Fsp3) is 0.312. The molecule has 1 fully saturated rings. The second-order valence-corrected chi connectivity index (χ2v) is 5.26. The van der Waals surface area contributed by atoms with Crippen LogP contribution < -0.4 is 5.32 Å². The first-order valence-electron chi connectivity index (χ1n) is 7.44. The van der Waals surface area contributed by atoms with Crippen molar-refractivity contribution in [3.8, 4) is 0 Å². The van der Waals surface area contributed by atoms with E-state index in [4.69, 9.17) is 9.90 Å². The maximum absolute atomic E-state index is 12.3. The molecule has 0 aliphatic carbocycles. The van der Waals surface area contributed by atoms with Crippen LogP contribution in [0.5, 0.6) is 0 Å². The lowest BCUT2D eigenvalue weighted by Gasteiger charge is -2.27. The Kier molecular flexibility index (Phi) is 5.92. The normalized spacial score (nSPS) is 14.6. The number of aromatic nitrogens is 1. The molecule has 0 bridgehead atoms. The van der Waals surface area contributed by atoms with Gasteiger partial charge in [-0.15, -0.1) is 0 Å². The van der Waals surface area contributed by atoms with Crippen LogP contribution >= 0.6 is 0 Å². The molecule has 0 saturated carbocycles. The molecule has 0 spiro atoms. The number of fused-ring (bicyclic) bond motifs is 1. The fourth-order valence-electron chi connectivity index (χ4n) is 2.26. The Morgan fingerprint density at radius 2 is 1.80 bits per heavy atom. The Morgan fingerprint density at radius 3 is 2.40 bits per heavy atom. The number of rotatable bonds is 1. The van der Waals surface area contributed by atoms with Gasteiger partial charge in [-0.1, -0.05) is 6.07 Å². The van der Waals surface area contributed by atoms with E-state index in [0.717, 1.165) is 42.6 Å². The van der Waals surface area contributed by atoms with Crippen molar-refractivity contribution in [1.82, 2.24) is 15.2 Å². The topological polar surface area (TPSA) is 82.5 Å². The average Bonchev–Trinajstić information content (AvgIpc) is 2.61. The first-order chi connectivity index (χ1) is 11.8. The maximum Gasteiger partial charge on any atom is 0.490 e. The highest BCUT2D eigenvalue weighted by Crippen LogP contribution is 2.15. The molecule has 134 valence electrons. The zero-order valence-electron chi connectivity index (χ0n) is 13.1. The average molecular weight is 355 g/mol. The second kappa shape index (κ2) is 7.93. The van der Waals surface area contributed by atoms with E-state index >= 15 is 0 Å². The Balaban J connectivity index is 0.000000277. The van der Waals surface area contributed by atoms with Gasteiger partial charge < -0.3 is 15.3 Å². The summed E-state index contributed by atoms with van der Waals surface area (Å²) in [6.45, 7) is 3.32. The van der Waals surface area contributed by atoms with Crippen LogP contribution in [-0.4, -0.2) is 59.2 Å². The standard InChI is InChI=1S/C14H15N3O.C2HF3O2/c18-14(17-8-6-15-7-9-17)12-3-4-13-11(10-12)2-1-5-16-13;3-2(4,5)1(6)7/h1-5,10,15H,6-9H2;(H,6,7). The number of amides is 1. The van der Waals surface area contributed by atoms with Crippen LogP contribution in [0.3, 0.4) is 0 Å². The van der Waals surface area contributed by atoms with Gasteiger partial charge in [-0.2, -0.15) is 13.2 Å². The van der Waals surface area contributed by atoms with Gasteiger partial charge in [-0.05, 0) is 24.3 Å². The molecule has 1 aromatic heterocycles. The van der Waals surface area contributed by atoms with E-state index < -0.39 is 12.1 Å². The molecule has 1 aliphatic heterocycles. The third-order valence-electron chi connectivity index (χ3n) is 3.50.